The molecule has 106 valence electrons. The van der Waals surface area contributed by atoms with E-state index in [2.05, 4.69) is 4.98 Å². The molecule has 2 rings (SSSR count). The van der Waals surface area contributed by atoms with Crippen molar-refractivity contribution in [2.75, 3.05) is 6.61 Å². The zero-order valence-corrected chi connectivity index (χ0v) is 12.5. The molecule has 20 heavy (non-hydrogen) atoms. The number of carbonyl (C=O) groups is 1. The second kappa shape index (κ2) is 6.04. The monoisotopic (exact) mass is 271 g/mol. The highest BCUT2D eigenvalue weighted by Gasteiger charge is 2.25. The van der Waals surface area contributed by atoms with Crippen LogP contribution in [0.5, 0.6) is 0 Å². The van der Waals surface area contributed by atoms with Gasteiger partial charge in [-0.15, -0.1) is 0 Å². The Bertz CT molecular complexity index is 619. The topological polar surface area (TPSA) is 39.2 Å². The lowest BCUT2D eigenvalue weighted by atomic mass is 9.88. The van der Waals surface area contributed by atoms with Crippen LogP contribution in [0.4, 0.5) is 0 Å². The molecule has 3 nitrogen and oxygen atoms in total. The fraction of sp³-hybridized carbons (Fsp3) is 0.412. The molecule has 0 fully saturated rings. The number of benzene rings is 1. The molecule has 0 spiro atoms. The van der Waals surface area contributed by atoms with Crippen LogP contribution in [0, 0.1) is 12.8 Å². The third kappa shape index (κ3) is 2.98. The van der Waals surface area contributed by atoms with Crippen LogP contribution in [0.25, 0.3) is 10.9 Å². The van der Waals surface area contributed by atoms with E-state index >= 15 is 0 Å². The first-order valence-corrected chi connectivity index (χ1v) is 7.07. The molecule has 1 unspecified atom stereocenters. The number of carbonyl (C=O) groups excluding carboxylic acids is 1. The average Bonchev–Trinajstić information content (AvgIpc) is 2.39. The Morgan fingerprint density at radius 3 is 2.65 bits per heavy atom. The van der Waals surface area contributed by atoms with Crippen LogP contribution in [0.1, 0.15) is 37.9 Å². The van der Waals surface area contributed by atoms with Gasteiger partial charge in [-0.3, -0.25) is 9.78 Å². The number of esters is 1. The van der Waals surface area contributed by atoms with E-state index in [-0.39, 0.29) is 17.8 Å². The quantitative estimate of drug-likeness (QED) is 0.793. The number of fused-ring (bicyclic) bond motifs is 1. The molecule has 0 N–H and O–H groups in total. The first-order valence-electron chi connectivity index (χ1n) is 7.07. The molecule has 0 radical (unpaired) electrons. The molecule has 2 aromatic rings. The SMILES string of the molecule is CCOC(=O)C(c1ccc2nc(C)ccc2c1)C(C)C. The zero-order valence-electron chi connectivity index (χ0n) is 12.5. The van der Waals surface area contributed by atoms with Gasteiger partial charge in [0.05, 0.1) is 18.0 Å². The third-order valence-corrected chi connectivity index (χ3v) is 3.42. The van der Waals surface area contributed by atoms with Gasteiger partial charge in [0.15, 0.2) is 0 Å². The Morgan fingerprint density at radius 2 is 2.00 bits per heavy atom. The summed E-state index contributed by atoms with van der Waals surface area (Å²) in [6.07, 6.45) is 0. The van der Waals surface area contributed by atoms with E-state index < -0.39 is 0 Å². The van der Waals surface area contributed by atoms with Crippen molar-refractivity contribution >= 4 is 16.9 Å². The Kier molecular flexibility index (Phi) is 4.38. The first-order chi connectivity index (χ1) is 9.52. The van der Waals surface area contributed by atoms with Crippen molar-refractivity contribution in [1.82, 2.24) is 4.98 Å². The van der Waals surface area contributed by atoms with Gasteiger partial charge in [-0.1, -0.05) is 26.0 Å². The minimum atomic E-state index is -0.222. The molecule has 0 saturated carbocycles. The molecule has 0 amide bonds. The standard InChI is InChI=1S/C17H21NO2/c1-5-20-17(19)16(11(2)3)14-8-9-15-13(10-14)7-6-12(4)18-15/h6-11,16H,5H2,1-4H3. The van der Waals surface area contributed by atoms with Gasteiger partial charge < -0.3 is 4.74 Å². The smallest absolute Gasteiger partial charge is 0.313 e. The van der Waals surface area contributed by atoms with E-state index in [0.29, 0.717) is 6.61 Å². The molecule has 0 saturated heterocycles. The largest absolute Gasteiger partial charge is 0.466 e. The van der Waals surface area contributed by atoms with Crippen molar-refractivity contribution in [2.45, 2.75) is 33.6 Å². The molecule has 3 heteroatoms. The highest BCUT2D eigenvalue weighted by atomic mass is 16.5. The van der Waals surface area contributed by atoms with Gasteiger partial charge in [-0.05, 0) is 43.5 Å². The Morgan fingerprint density at radius 1 is 1.25 bits per heavy atom. The molecule has 0 aliphatic rings. The number of hydrogen-bond donors (Lipinski definition) is 0. The van der Waals surface area contributed by atoms with Gasteiger partial charge in [0.1, 0.15) is 0 Å². The zero-order chi connectivity index (χ0) is 14.7. The fourth-order valence-electron chi connectivity index (χ4n) is 2.46. The van der Waals surface area contributed by atoms with E-state index in [0.717, 1.165) is 22.2 Å². The summed E-state index contributed by atoms with van der Waals surface area (Å²) in [4.78, 5) is 16.6. The predicted molar refractivity (Wildman–Crippen MR) is 80.7 cm³/mol. The average molecular weight is 271 g/mol. The van der Waals surface area contributed by atoms with Gasteiger partial charge in [0, 0.05) is 11.1 Å². The second-order valence-corrected chi connectivity index (χ2v) is 5.38. The van der Waals surface area contributed by atoms with E-state index in [9.17, 15) is 4.79 Å². The normalized spacial score (nSPS) is 12.7. The number of rotatable bonds is 4. The molecule has 1 heterocycles. The van der Waals surface area contributed by atoms with Crippen LogP contribution in [0.2, 0.25) is 0 Å². The van der Waals surface area contributed by atoms with E-state index in [1.807, 2.05) is 58.0 Å². The number of nitrogens with zero attached hydrogens (tertiary/aromatic N) is 1. The first kappa shape index (κ1) is 14.5. The summed E-state index contributed by atoms with van der Waals surface area (Å²) in [5.74, 6) is -0.174. The minimum absolute atomic E-state index is 0.151. The fourth-order valence-corrected chi connectivity index (χ4v) is 2.46. The highest BCUT2D eigenvalue weighted by Crippen LogP contribution is 2.28. The van der Waals surface area contributed by atoms with Gasteiger partial charge in [-0.25, -0.2) is 0 Å². The molecule has 0 aliphatic carbocycles. The molecule has 0 bridgehead atoms. The van der Waals surface area contributed by atoms with Crippen LogP contribution in [-0.2, 0) is 9.53 Å². The van der Waals surface area contributed by atoms with Gasteiger partial charge in [0.2, 0.25) is 0 Å². The van der Waals surface area contributed by atoms with Crippen molar-refractivity contribution in [3.8, 4) is 0 Å². The van der Waals surface area contributed by atoms with Crippen molar-refractivity contribution in [1.29, 1.82) is 0 Å². The van der Waals surface area contributed by atoms with Gasteiger partial charge in [-0.2, -0.15) is 0 Å². The van der Waals surface area contributed by atoms with Gasteiger partial charge >= 0.3 is 5.97 Å². The van der Waals surface area contributed by atoms with Crippen LogP contribution in [0.15, 0.2) is 30.3 Å². The van der Waals surface area contributed by atoms with Crippen LogP contribution >= 0.6 is 0 Å². The van der Waals surface area contributed by atoms with Crippen molar-refractivity contribution in [3.63, 3.8) is 0 Å². The summed E-state index contributed by atoms with van der Waals surface area (Å²) >= 11 is 0. The summed E-state index contributed by atoms with van der Waals surface area (Å²) < 4.78 is 5.20. The van der Waals surface area contributed by atoms with Crippen molar-refractivity contribution < 1.29 is 9.53 Å². The molecule has 1 aromatic carbocycles. The number of aromatic nitrogens is 1. The second-order valence-electron chi connectivity index (χ2n) is 5.38. The van der Waals surface area contributed by atoms with Crippen LogP contribution < -0.4 is 0 Å². The van der Waals surface area contributed by atoms with Gasteiger partial charge in [0.25, 0.3) is 0 Å². The molecule has 1 atom stereocenters. The number of ether oxygens (including phenoxy) is 1. The lowest BCUT2D eigenvalue weighted by molar-refractivity contribution is -0.146. The van der Waals surface area contributed by atoms with E-state index in [1.165, 1.54) is 0 Å². The summed E-state index contributed by atoms with van der Waals surface area (Å²) in [5.41, 5.74) is 2.95. The van der Waals surface area contributed by atoms with Crippen LogP contribution in [0.3, 0.4) is 0 Å². The summed E-state index contributed by atoms with van der Waals surface area (Å²) in [6.45, 7) is 8.31. The maximum absolute atomic E-state index is 12.1. The number of hydrogen-bond acceptors (Lipinski definition) is 3. The highest BCUT2D eigenvalue weighted by molar-refractivity contribution is 5.83. The van der Waals surface area contributed by atoms with Crippen LogP contribution in [-0.4, -0.2) is 17.6 Å². The summed E-state index contributed by atoms with van der Waals surface area (Å²) in [6, 6.07) is 10.0. The Balaban J connectivity index is 2.43. The summed E-state index contributed by atoms with van der Waals surface area (Å²) in [5, 5.41) is 1.06. The lowest BCUT2D eigenvalue weighted by Gasteiger charge is -2.19. The Hall–Kier alpha value is -1.90. The molecule has 0 aliphatic heterocycles. The molecule has 1 aromatic heterocycles. The van der Waals surface area contributed by atoms with E-state index in [1.54, 1.807) is 0 Å². The number of aryl methyl sites for hydroxylation is 1. The lowest BCUT2D eigenvalue weighted by Crippen LogP contribution is -2.20. The molecular formula is C17H21NO2. The third-order valence-electron chi connectivity index (χ3n) is 3.42. The maximum Gasteiger partial charge on any atom is 0.313 e. The van der Waals surface area contributed by atoms with E-state index in [4.69, 9.17) is 4.74 Å². The van der Waals surface area contributed by atoms with Crippen molar-refractivity contribution in [3.05, 3.63) is 41.6 Å². The number of pyridine rings is 1. The minimum Gasteiger partial charge on any atom is -0.466 e. The summed E-state index contributed by atoms with van der Waals surface area (Å²) in [7, 11) is 0. The predicted octanol–water partition coefficient (Wildman–Crippen LogP) is 3.85. The maximum atomic E-state index is 12.1. The Labute approximate surface area is 120 Å². The van der Waals surface area contributed by atoms with Crippen molar-refractivity contribution in [2.24, 2.45) is 5.92 Å². The molecular weight excluding hydrogens is 250 g/mol.